The molecule has 3 aromatic rings. The van der Waals surface area contributed by atoms with Gasteiger partial charge in [0.25, 0.3) is 0 Å². The van der Waals surface area contributed by atoms with Crippen molar-refractivity contribution in [2.45, 2.75) is 36.7 Å². The van der Waals surface area contributed by atoms with E-state index in [9.17, 15) is 26.3 Å². The standard InChI is InChI=1S/C21H18F6N4OS/c1-12(2)28-19-30-17(13-5-3-7-15(9-13)32-20(22,23)24)11-18(31-19)29-14-6-4-8-16(10-14)33-21(25,26)27/h3-12H,1-2H3,(H2,28,29,30,31). The quantitative estimate of drug-likeness (QED) is 0.271. The van der Waals surface area contributed by atoms with Gasteiger partial charge in [-0.05, 0) is 55.9 Å². The van der Waals surface area contributed by atoms with Gasteiger partial charge in [0, 0.05) is 28.3 Å². The van der Waals surface area contributed by atoms with E-state index in [-0.39, 0.29) is 40.2 Å². The number of alkyl halides is 6. The van der Waals surface area contributed by atoms with Crippen LogP contribution in [-0.2, 0) is 0 Å². The number of anilines is 3. The fourth-order valence-corrected chi connectivity index (χ4v) is 3.35. The minimum absolute atomic E-state index is 0.0145. The van der Waals surface area contributed by atoms with E-state index in [4.69, 9.17) is 0 Å². The number of aromatic nitrogens is 2. The molecule has 0 amide bonds. The van der Waals surface area contributed by atoms with Crippen LogP contribution in [0.15, 0.2) is 59.5 Å². The molecule has 0 radical (unpaired) electrons. The van der Waals surface area contributed by atoms with Gasteiger partial charge in [-0.1, -0.05) is 18.2 Å². The predicted octanol–water partition coefficient (Wildman–Crippen LogP) is 7.22. The highest BCUT2D eigenvalue weighted by molar-refractivity contribution is 8.00. The monoisotopic (exact) mass is 488 g/mol. The second-order valence-electron chi connectivity index (χ2n) is 7.04. The summed E-state index contributed by atoms with van der Waals surface area (Å²) in [6.45, 7) is 3.69. The number of rotatable bonds is 7. The molecular weight excluding hydrogens is 470 g/mol. The van der Waals surface area contributed by atoms with Crippen molar-refractivity contribution in [3.8, 4) is 17.0 Å². The van der Waals surface area contributed by atoms with Crippen LogP contribution in [0.4, 0.5) is 43.8 Å². The topological polar surface area (TPSA) is 59.1 Å². The SMILES string of the molecule is CC(C)Nc1nc(Nc2cccc(SC(F)(F)F)c2)cc(-c2cccc(OC(F)(F)F)c2)n1. The summed E-state index contributed by atoms with van der Waals surface area (Å²) in [6.07, 6.45) is -4.85. The van der Waals surface area contributed by atoms with Crippen LogP contribution < -0.4 is 15.4 Å². The van der Waals surface area contributed by atoms with Crippen LogP contribution in [0.25, 0.3) is 11.3 Å². The largest absolute Gasteiger partial charge is 0.573 e. The zero-order valence-corrected chi connectivity index (χ0v) is 18.1. The van der Waals surface area contributed by atoms with E-state index in [0.717, 1.165) is 6.07 Å². The van der Waals surface area contributed by atoms with Gasteiger partial charge in [0.05, 0.1) is 5.69 Å². The van der Waals surface area contributed by atoms with Crippen molar-refractivity contribution in [3.63, 3.8) is 0 Å². The molecule has 3 rings (SSSR count). The molecule has 1 aromatic heterocycles. The van der Waals surface area contributed by atoms with Gasteiger partial charge in [-0.15, -0.1) is 13.2 Å². The minimum atomic E-state index is -4.85. The number of nitrogens with one attached hydrogen (secondary N) is 2. The Morgan fingerprint density at radius 3 is 2.30 bits per heavy atom. The van der Waals surface area contributed by atoms with Crippen molar-refractivity contribution in [3.05, 3.63) is 54.6 Å². The van der Waals surface area contributed by atoms with Gasteiger partial charge in [0.15, 0.2) is 0 Å². The smallest absolute Gasteiger partial charge is 0.406 e. The van der Waals surface area contributed by atoms with Crippen LogP contribution in [0.1, 0.15) is 13.8 Å². The molecule has 0 aliphatic heterocycles. The molecule has 0 saturated heterocycles. The Morgan fingerprint density at radius 1 is 0.909 bits per heavy atom. The first-order chi connectivity index (χ1) is 15.4. The molecule has 5 nitrogen and oxygen atoms in total. The third-order valence-corrected chi connectivity index (χ3v) is 4.57. The van der Waals surface area contributed by atoms with Gasteiger partial charge in [-0.3, -0.25) is 0 Å². The van der Waals surface area contributed by atoms with Crippen LogP contribution in [0.3, 0.4) is 0 Å². The highest BCUT2D eigenvalue weighted by Crippen LogP contribution is 2.38. The summed E-state index contributed by atoms with van der Waals surface area (Å²) in [7, 11) is 0. The van der Waals surface area contributed by atoms with E-state index in [0.29, 0.717) is 11.3 Å². The maximum Gasteiger partial charge on any atom is 0.573 e. The number of thioether (sulfide) groups is 1. The molecule has 0 saturated carbocycles. The van der Waals surface area contributed by atoms with E-state index < -0.39 is 17.6 Å². The summed E-state index contributed by atoms with van der Waals surface area (Å²) in [5, 5.41) is 5.93. The molecule has 0 unspecified atom stereocenters. The lowest BCUT2D eigenvalue weighted by Crippen LogP contribution is -2.17. The Hall–Kier alpha value is -3.15. The predicted molar refractivity (Wildman–Crippen MR) is 115 cm³/mol. The molecule has 12 heteroatoms. The molecule has 0 atom stereocenters. The second kappa shape index (κ2) is 9.77. The molecular formula is C21H18F6N4OS. The van der Waals surface area contributed by atoms with Crippen molar-refractivity contribution in [2.75, 3.05) is 10.6 Å². The average Bonchev–Trinajstić information content (AvgIpc) is 2.65. The molecule has 33 heavy (non-hydrogen) atoms. The highest BCUT2D eigenvalue weighted by Gasteiger charge is 2.31. The fraction of sp³-hybridized carbons (Fsp3) is 0.238. The maximum atomic E-state index is 12.7. The molecule has 176 valence electrons. The Morgan fingerprint density at radius 2 is 1.64 bits per heavy atom. The van der Waals surface area contributed by atoms with Crippen molar-refractivity contribution in [1.29, 1.82) is 0 Å². The lowest BCUT2D eigenvalue weighted by molar-refractivity contribution is -0.274. The Labute approximate surface area is 189 Å². The highest BCUT2D eigenvalue weighted by atomic mass is 32.2. The number of hydrogen-bond acceptors (Lipinski definition) is 6. The van der Waals surface area contributed by atoms with E-state index >= 15 is 0 Å². The summed E-state index contributed by atoms with van der Waals surface area (Å²) < 4.78 is 79.8. The van der Waals surface area contributed by atoms with Gasteiger partial charge in [-0.2, -0.15) is 18.2 Å². The molecule has 0 fully saturated rings. The zero-order chi connectivity index (χ0) is 24.2. The maximum absolute atomic E-state index is 12.7. The summed E-state index contributed by atoms with van der Waals surface area (Å²) in [5.74, 6) is 0.00998. The Kier molecular flexibility index (Phi) is 7.25. The molecule has 2 aromatic carbocycles. The summed E-state index contributed by atoms with van der Waals surface area (Å²) in [4.78, 5) is 8.63. The first kappa shape index (κ1) is 24.5. The van der Waals surface area contributed by atoms with Crippen LogP contribution in [0.2, 0.25) is 0 Å². The third kappa shape index (κ3) is 8.04. The van der Waals surface area contributed by atoms with Crippen LogP contribution >= 0.6 is 11.8 Å². The third-order valence-electron chi connectivity index (χ3n) is 3.85. The average molecular weight is 488 g/mol. The molecule has 0 aliphatic carbocycles. The van der Waals surface area contributed by atoms with Crippen molar-refractivity contribution < 1.29 is 31.1 Å². The van der Waals surface area contributed by atoms with Crippen LogP contribution in [0.5, 0.6) is 5.75 Å². The normalized spacial score (nSPS) is 12.0. The molecule has 1 heterocycles. The van der Waals surface area contributed by atoms with E-state index in [1.54, 1.807) is 12.1 Å². The molecule has 0 bridgehead atoms. The van der Waals surface area contributed by atoms with Crippen LogP contribution in [0, 0.1) is 0 Å². The Balaban J connectivity index is 1.95. The lowest BCUT2D eigenvalue weighted by atomic mass is 10.1. The first-order valence-electron chi connectivity index (χ1n) is 9.51. The zero-order valence-electron chi connectivity index (χ0n) is 17.3. The number of ether oxygens (including phenoxy) is 1. The van der Waals surface area contributed by atoms with Gasteiger partial charge in [0.1, 0.15) is 11.6 Å². The number of nitrogens with zero attached hydrogens (tertiary/aromatic N) is 2. The summed E-state index contributed by atoms with van der Waals surface area (Å²) in [6, 6.07) is 12.4. The van der Waals surface area contributed by atoms with Gasteiger partial charge >= 0.3 is 11.9 Å². The lowest BCUT2D eigenvalue weighted by Gasteiger charge is -2.14. The number of halogens is 6. The second-order valence-corrected chi connectivity index (χ2v) is 8.18. The molecule has 0 aliphatic rings. The molecule has 0 spiro atoms. The van der Waals surface area contributed by atoms with Crippen LogP contribution in [-0.4, -0.2) is 27.9 Å². The van der Waals surface area contributed by atoms with E-state index in [1.165, 1.54) is 36.4 Å². The van der Waals surface area contributed by atoms with Gasteiger partial charge < -0.3 is 15.4 Å². The van der Waals surface area contributed by atoms with Crippen molar-refractivity contribution >= 4 is 29.2 Å². The van der Waals surface area contributed by atoms with Crippen molar-refractivity contribution in [2.24, 2.45) is 0 Å². The van der Waals surface area contributed by atoms with E-state index in [1.807, 2.05) is 13.8 Å². The fourth-order valence-electron chi connectivity index (χ4n) is 2.75. The molecule has 2 N–H and O–H groups in total. The minimum Gasteiger partial charge on any atom is -0.406 e. The van der Waals surface area contributed by atoms with Crippen molar-refractivity contribution in [1.82, 2.24) is 9.97 Å². The summed E-state index contributed by atoms with van der Waals surface area (Å²) >= 11 is -0.248. The van der Waals surface area contributed by atoms with Gasteiger partial charge in [0.2, 0.25) is 5.95 Å². The van der Waals surface area contributed by atoms with E-state index in [2.05, 4.69) is 25.3 Å². The number of benzene rings is 2. The number of hydrogen-bond donors (Lipinski definition) is 2. The summed E-state index contributed by atoms with van der Waals surface area (Å²) in [5.41, 5.74) is -3.48. The Bertz CT molecular complexity index is 1100. The van der Waals surface area contributed by atoms with Gasteiger partial charge in [-0.25, -0.2) is 4.98 Å². The first-order valence-corrected chi connectivity index (χ1v) is 10.3.